The van der Waals surface area contributed by atoms with E-state index < -0.39 is 0 Å². The van der Waals surface area contributed by atoms with Crippen LogP contribution in [0, 0.1) is 4.77 Å². The van der Waals surface area contributed by atoms with E-state index in [1.807, 2.05) is 38.2 Å². The molecule has 0 N–H and O–H groups in total. The minimum atomic E-state index is 0.533. The van der Waals surface area contributed by atoms with E-state index in [9.17, 15) is 0 Å². The van der Waals surface area contributed by atoms with Gasteiger partial charge in [0.15, 0.2) is 0 Å². The fourth-order valence-electron chi connectivity index (χ4n) is 2.56. The summed E-state index contributed by atoms with van der Waals surface area (Å²) in [4.78, 5) is 2.12. The van der Waals surface area contributed by atoms with E-state index in [0.29, 0.717) is 23.1 Å². The molecule has 1 aromatic heterocycles. The molecule has 0 bridgehead atoms. The molecule has 1 heterocycles. The molecule has 136 valence electrons. The number of rotatable bonds is 7. The third-order valence-electron chi connectivity index (χ3n) is 3.77. The van der Waals surface area contributed by atoms with Crippen LogP contribution in [-0.2, 0) is 13.2 Å². The highest BCUT2D eigenvalue weighted by molar-refractivity contribution is 7.71. The minimum absolute atomic E-state index is 0.533. The Morgan fingerprint density at radius 1 is 1.08 bits per heavy atom. The Hall–Kier alpha value is -2.22. The number of halogens is 1. The predicted molar refractivity (Wildman–Crippen MR) is 104 cm³/mol. The Morgan fingerprint density at radius 3 is 2.42 bits per heavy atom. The third kappa shape index (κ3) is 4.49. The fraction of sp³-hybridized carbons (Fsp3) is 0.278. The molecule has 26 heavy (non-hydrogen) atoms. The van der Waals surface area contributed by atoms with E-state index in [2.05, 4.69) is 27.5 Å². The monoisotopic (exact) mass is 389 g/mol. The lowest BCUT2D eigenvalue weighted by molar-refractivity contribution is 0.242. The van der Waals surface area contributed by atoms with Gasteiger partial charge in [-0.25, -0.2) is 4.68 Å². The number of benzene rings is 2. The van der Waals surface area contributed by atoms with Crippen LogP contribution in [0.4, 0.5) is 0 Å². The van der Waals surface area contributed by atoms with Crippen LogP contribution in [0.15, 0.2) is 48.5 Å². The van der Waals surface area contributed by atoms with Crippen LogP contribution in [0.25, 0.3) is 5.69 Å². The number of nitrogens with zero attached hydrogens (tertiary/aromatic N) is 5. The van der Waals surface area contributed by atoms with Gasteiger partial charge >= 0.3 is 0 Å². The van der Waals surface area contributed by atoms with Gasteiger partial charge in [-0.2, -0.15) is 4.68 Å². The minimum Gasteiger partial charge on any atom is -0.494 e. The van der Waals surface area contributed by atoms with E-state index in [-0.39, 0.29) is 0 Å². The maximum Gasteiger partial charge on any atom is 0.221 e. The van der Waals surface area contributed by atoms with Gasteiger partial charge in [-0.3, -0.25) is 4.90 Å². The largest absolute Gasteiger partial charge is 0.494 e. The quantitative estimate of drug-likeness (QED) is 0.573. The zero-order valence-corrected chi connectivity index (χ0v) is 16.2. The van der Waals surface area contributed by atoms with E-state index in [1.54, 1.807) is 21.5 Å². The normalized spacial score (nSPS) is 11.1. The summed E-state index contributed by atoms with van der Waals surface area (Å²) in [6.07, 6.45) is 0. The maximum atomic E-state index is 5.93. The molecule has 0 saturated carbocycles. The lowest BCUT2D eigenvalue weighted by atomic mass is 10.2. The van der Waals surface area contributed by atoms with E-state index >= 15 is 0 Å². The molecule has 3 rings (SSSR count). The first-order valence-electron chi connectivity index (χ1n) is 8.26. The highest BCUT2D eigenvalue weighted by Gasteiger charge is 2.08. The Kier molecular flexibility index (Phi) is 6.03. The number of aromatic nitrogens is 4. The van der Waals surface area contributed by atoms with Gasteiger partial charge in [0.2, 0.25) is 4.77 Å². The molecule has 0 fully saturated rings. The van der Waals surface area contributed by atoms with E-state index in [1.165, 1.54) is 5.56 Å². The highest BCUT2D eigenvalue weighted by Crippen LogP contribution is 2.15. The summed E-state index contributed by atoms with van der Waals surface area (Å²) in [5.74, 6) is 0.882. The molecule has 0 aliphatic carbocycles. The van der Waals surface area contributed by atoms with E-state index in [4.69, 9.17) is 28.6 Å². The first-order valence-corrected chi connectivity index (χ1v) is 9.04. The van der Waals surface area contributed by atoms with Gasteiger partial charge in [-0.15, -0.1) is 0 Å². The molecule has 0 atom stereocenters. The van der Waals surface area contributed by atoms with E-state index in [0.717, 1.165) is 18.0 Å². The number of tetrazole rings is 1. The van der Waals surface area contributed by atoms with Crippen molar-refractivity contribution in [1.29, 1.82) is 0 Å². The van der Waals surface area contributed by atoms with Crippen molar-refractivity contribution < 1.29 is 4.74 Å². The average Bonchev–Trinajstić information content (AvgIpc) is 2.98. The summed E-state index contributed by atoms with van der Waals surface area (Å²) in [7, 11) is 2.01. The van der Waals surface area contributed by atoms with Gasteiger partial charge in [0.05, 0.1) is 19.0 Å². The smallest absolute Gasteiger partial charge is 0.221 e. The van der Waals surface area contributed by atoms with Gasteiger partial charge < -0.3 is 4.74 Å². The summed E-state index contributed by atoms with van der Waals surface area (Å²) < 4.78 is 9.32. The Labute approximate surface area is 162 Å². The standard InChI is InChI=1S/C18H20ClN5OS/c1-3-25-17-10-4-14(5-11-17)12-22(2)13-23-18(26)24(21-20-23)16-8-6-15(19)7-9-16/h4-11H,3,12-13H2,1-2H3. The fourth-order valence-corrected chi connectivity index (χ4v) is 2.92. The molecule has 2 aromatic carbocycles. The second-order valence-corrected chi connectivity index (χ2v) is 6.68. The molecule has 0 radical (unpaired) electrons. The maximum absolute atomic E-state index is 5.93. The van der Waals surface area contributed by atoms with Gasteiger partial charge in [0.25, 0.3) is 0 Å². The Balaban J connectivity index is 1.67. The molecule has 0 saturated heterocycles. The van der Waals surface area contributed by atoms with Crippen LogP contribution < -0.4 is 4.74 Å². The molecule has 8 heteroatoms. The number of hydrogen-bond donors (Lipinski definition) is 0. The second kappa shape index (κ2) is 8.44. The summed E-state index contributed by atoms with van der Waals surface area (Å²) in [5, 5.41) is 8.98. The van der Waals surface area contributed by atoms with Gasteiger partial charge in [-0.05, 0) is 78.6 Å². The first kappa shape index (κ1) is 18.6. The first-order chi connectivity index (χ1) is 12.6. The molecule has 0 aliphatic rings. The van der Waals surface area contributed by atoms with Gasteiger partial charge in [0.1, 0.15) is 5.75 Å². The second-order valence-electron chi connectivity index (χ2n) is 5.88. The van der Waals surface area contributed by atoms with Gasteiger partial charge in [-0.1, -0.05) is 23.7 Å². The van der Waals surface area contributed by atoms with Crippen molar-refractivity contribution in [2.75, 3.05) is 13.7 Å². The van der Waals surface area contributed by atoms with Crippen molar-refractivity contribution in [1.82, 2.24) is 24.7 Å². The topological polar surface area (TPSA) is 48.1 Å². The molecule has 0 amide bonds. The summed E-state index contributed by atoms with van der Waals surface area (Å²) in [6.45, 7) is 3.95. The SMILES string of the molecule is CCOc1ccc(CN(C)Cn2nnn(-c3ccc(Cl)cc3)c2=S)cc1. The lowest BCUT2D eigenvalue weighted by Crippen LogP contribution is -2.22. The molecular formula is C18H20ClN5OS. The molecule has 0 aliphatic heterocycles. The third-order valence-corrected chi connectivity index (χ3v) is 4.41. The molecule has 3 aromatic rings. The van der Waals surface area contributed by atoms with Crippen molar-refractivity contribution in [2.45, 2.75) is 20.1 Å². The Bertz CT molecular complexity index is 905. The summed E-state index contributed by atoms with van der Waals surface area (Å²) in [6, 6.07) is 15.4. The molecule has 6 nitrogen and oxygen atoms in total. The summed E-state index contributed by atoms with van der Waals surface area (Å²) in [5.41, 5.74) is 2.02. The van der Waals surface area contributed by atoms with Crippen molar-refractivity contribution in [3.63, 3.8) is 0 Å². The highest BCUT2D eigenvalue weighted by atomic mass is 35.5. The Morgan fingerprint density at radius 2 is 1.77 bits per heavy atom. The molecular weight excluding hydrogens is 370 g/mol. The van der Waals surface area contributed by atoms with Crippen molar-refractivity contribution in [2.24, 2.45) is 0 Å². The average molecular weight is 390 g/mol. The summed E-state index contributed by atoms with van der Waals surface area (Å²) >= 11 is 11.4. The van der Waals surface area contributed by atoms with Crippen LogP contribution >= 0.6 is 23.8 Å². The van der Waals surface area contributed by atoms with Crippen molar-refractivity contribution in [3.05, 3.63) is 63.9 Å². The zero-order valence-electron chi connectivity index (χ0n) is 14.7. The van der Waals surface area contributed by atoms with Crippen LogP contribution in [0.3, 0.4) is 0 Å². The lowest BCUT2D eigenvalue weighted by Gasteiger charge is -2.16. The zero-order chi connectivity index (χ0) is 18.5. The number of hydrogen-bond acceptors (Lipinski definition) is 5. The van der Waals surface area contributed by atoms with Gasteiger partial charge in [0, 0.05) is 11.6 Å². The number of ether oxygens (including phenoxy) is 1. The van der Waals surface area contributed by atoms with Crippen molar-refractivity contribution >= 4 is 23.8 Å². The molecule has 0 spiro atoms. The van der Waals surface area contributed by atoms with Crippen LogP contribution in [0.1, 0.15) is 12.5 Å². The van der Waals surface area contributed by atoms with Crippen LogP contribution in [0.2, 0.25) is 5.02 Å². The van der Waals surface area contributed by atoms with Crippen molar-refractivity contribution in [3.8, 4) is 11.4 Å². The molecule has 0 unspecified atom stereocenters. The predicted octanol–water partition coefficient (Wildman–Crippen LogP) is 3.94. The van der Waals surface area contributed by atoms with Crippen LogP contribution in [0.5, 0.6) is 5.75 Å². The van der Waals surface area contributed by atoms with Crippen LogP contribution in [-0.4, -0.2) is 38.3 Å².